The number of anilines is 1. The van der Waals surface area contributed by atoms with Crippen molar-refractivity contribution in [2.45, 2.75) is 12.1 Å². The van der Waals surface area contributed by atoms with Gasteiger partial charge in [0.25, 0.3) is 5.69 Å². The molecular weight excluding hydrogens is 476 g/mol. The molecule has 4 atom stereocenters. The van der Waals surface area contributed by atoms with Gasteiger partial charge in [-0.25, -0.2) is 4.90 Å². The number of amides is 2. The summed E-state index contributed by atoms with van der Waals surface area (Å²) < 4.78 is 5.19. The molecule has 0 aromatic heterocycles. The van der Waals surface area contributed by atoms with Gasteiger partial charge in [0.05, 0.1) is 41.8 Å². The molecule has 10 nitrogen and oxygen atoms in total. The minimum atomic E-state index is -1.03. The zero-order chi connectivity index (χ0) is 25.8. The van der Waals surface area contributed by atoms with Crippen LogP contribution in [-0.2, 0) is 9.59 Å². The number of nitrogens with zero attached hydrogens (tertiary/aromatic N) is 4. The van der Waals surface area contributed by atoms with Crippen LogP contribution in [0.1, 0.15) is 27.5 Å². The van der Waals surface area contributed by atoms with Gasteiger partial charge < -0.3 is 4.74 Å². The summed E-state index contributed by atoms with van der Waals surface area (Å²) in [6.07, 6.45) is 1.63. The van der Waals surface area contributed by atoms with Crippen LogP contribution in [0.2, 0.25) is 0 Å². The molecule has 3 aromatic carbocycles. The van der Waals surface area contributed by atoms with Crippen molar-refractivity contribution in [2.24, 2.45) is 16.9 Å². The Kier molecular flexibility index (Phi) is 5.11. The maximum Gasteiger partial charge on any atom is 0.271 e. The van der Waals surface area contributed by atoms with E-state index in [-0.39, 0.29) is 17.2 Å². The maximum absolute atomic E-state index is 13.9. The number of Topliss-reactive ketones (excluding diaryl/α,β-unsaturated/α-hetero) is 1. The topological polar surface area (TPSA) is 122 Å². The average molecular weight is 496 g/mol. The van der Waals surface area contributed by atoms with Crippen LogP contribution < -0.4 is 9.64 Å². The zero-order valence-corrected chi connectivity index (χ0v) is 19.6. The Morgan fingerprint density at radius 2 is 1.70 bits per heavy atom. The number of nitro groups is 1. The Hall–Kier alpha value is -4.86. The third-order valence-corrected chi connectivity index (χ3v) is 7.24. The molecule has 10 heteroatoms. The molecule has 3 aromatic rings. The lowest BCUT2D eigenvalue weighted by molar-refractivity contribution is -0.384. The number of ether oxygens (including phenoxy) is 1. The number of hydrazone groups is 1. The van der Waals surface area contributed by atoms with Crippen molar-refractivity contribution in [3.8, 4) is 5.75 Å². The van der Waals surface area contributed by atoms with Crippen LogP contribution in [0.3, 0.4) is 0 Å². The quantitative estimate of drug-likeness (QED) is 0.230. The first kappa shape index (κ1) is 22.6. The zero-order valence-electron chi connectivity index (χ0n) is 19.6. The summed E-state index contributed by atoms with van der Waals surface area (Å²) in [6, 6.07) is 17.7. The van der Waals surface area contributed by atoms with Gasteiger partial charge in [-0.2, -0.15) is 5.10 Å². The van der Waals surface area contributed by atoms with Gasteiger partial charge in [-0.05, 0) is 41.5 Å². The number of carbonyl (C=O) groups is 3. The van der Waals surface area contributed by atoms with Crippen molar-refractivity contribution in [1.82, 2.24) is 5.01 Å². The third kappa shape index (κ3) is 3.33. The van der Waals surface area contributed by atoms with Gasteiger partial charge in [-0.1, -0.05) is 30.3 Å². The molecule has 0 bridgehead atoms. The summed E-state index contributed by atoms with van der Waals surface area (Å²) in [5, 5.41) is 17.4. The van der Waals surface area contributed by atoms with Crippen molar-refractivity contribution < 1.29 is 24.0 Å². The highest BCUT2D eigenvalue weighted by Gasteiger charge is 2.65. The number of hydrogen-bond acceptors (Lipinski definition) is 8. The Bertz CT molecular complexity index is 1500. The molecule has 2 amide bonds. The number of ketones is 1. The lowest BCUT2D eigenvalue weighted by Gasteiger charge is -2.33. The fourth-order valence-electron chi connectivity index (χ4n) is 5.59. The highest BCUT2D eigenvalue weighted by molar-refractivity contribution is 6.24. The number of nitro benzene ring substituents is 1. The predicted octanol–water partition coefficient (Wildman–Crippen LogP) is 3.36. The third-order valence-electron chi connectivity index (χ3n) is 7.24. The molecule has 0 saturated carbocycles. The number of benzene rings is 3. The van der Waals surface area contributed by atoms with Crippen LogP contribution in [0.15, 0.2) is 77.9 Å². The number of carbonyl (C=O) groups excluding carboxylic acids is 3. The minimum absolute atomic E-state index is 0.105. The molecule has 3 aliphatic heterocycles. The Balaban J connectivity index is 1.47. The van der Waals surface area contributed by atoms with Crippen molar-refractivity contribution >= 4 is 35.2 Å². The molecule has 4 unspecified atom stereocenters. The van der Waals surface area contributed by atoms with E-state index in [1.807, 2.05) is 24.3 Å². The molecule has 0 radical (unpaired) electrons. The fraction of sp³-hybridized carbons (Fsp3) is 0.185. The second kappa shape index (κ2) is 8.37. The van der Waals surface area contributed by atoms with Gasteiger partial charge >= 0.3 is 0 Å². The van der Waals surface area contributed by atoms with E-state index < -0.39 is 40.7 Å². The predicted molar refractivity (Wildman–Crippen MR) is 132 cm³/mol. The van der Waals surface area contributed by atoms with E-state index in [4.69, 9.17) is 4.74 Å². The van der Waals surface area contributed by atoms with E-state index >= 15 is 0 Å². The van der Waals surface area contributed by atoms with Gasteiger partial charge in [-0.3, -0.25) is 29.5 Å². The number of non-ortho nitro benzene ring substituents is 1. The Labute approximate surface area is 210 Å². The van der Waals surface area contributed by atoms with Crippen molar-refractivity contribution in [1.29, 1.82) is 0 Å². The first-order chi connectivity index (χ1) is 17.9. The van der Waals surface area contributed by atoms with Crippen LogP contribution in [0.4, 0.5) is 11.4 Å². The summed E-state index contributed by atoms with van der Waals surface area (Å²) in [7, 11) is 1.52. The SMILES string of the molecule is COc1ccc(C(=O)C2C3C(=O)N(c4cccc([N+](=O)[O-])c4)C(=O)C3C3c4ccccc4C=NN23)cc1. The van der Waals surface area contributed by atoms with E-state index in [0.717, 1.165) is 16.0 Å². The summed E-state index contributed by atoms with van der Waals surface area (Å²) in [5.41, 5.74) is 1.81. The van der Waals surface area contributed by atoms with Crippen LogP contribution in [0.5, 0.6) is 5.75 Å². The second-order valence-electron chi connectivity index (χ2n) is 9.08. The van der Waals surface area contributed by atoms with E-state index in [9.17, 15) is 24.5 Å². The largest absolute Gasteiger partial charge is 0.497 e. The van der Waals surface area contributed by atoms with Crippen LogP contribution in [0, 0.1) is 22.0 Å². The van der Waals surface area contributed by atoms with E-state index in [0.29, 0.717) is 11.3 Å². The number of imide groups is 1. The van der Waals surface area contributed by atoms with Crippen LogP contribution in [-0.4, -0.2) is 46.9 Å². The molecule has 37 heavy (non-hydrogen) atoms. The lowest BCUT2D eigenvalue weighted by atomic mass is 9.83. The van der Waals surface area contributed by atoms with Gasteiger partial charge in [-0.15, -0.1) is 0 Å². The highest BCUT2D eigenvalue weighted by atomic mass is 16.6. The number of rotatable bonds is 5. The Morgan fingerprint density at radius 3 is 2.43 bits per heavy atom. The molecule has 6 rings (SSSR count). The average Bonchev–Trinajstić information content (AvgIpc) is 3.40. The molecular formula is C27H20N4O6. The fourth-order valence-corrected chi connectivity index (χ4v) is 5.59. The first-order valence-corrected chi connectivity index (χ1v) is 11.6. The van der Waals surface area contributed by atoms with E-state index in [1.165, 1.54) is 31.4 Å². The maximum atomic E-state index is 13.9. The Morgan fingerprint density at radius 1 is 0.973 bits per heavy atom. The molecule has 0 aliphatic carbocycles. The van der Waals surface area contributed by atoms with Gasteiger partial charge in [0.1, 0.15) is 11.8 Å². The van der Waals surface area contributed by atoms with Crippen molar-refractivity contribution in [3.05, 3.63) is 99.6 Å². The standard InChI is InChI=1S/C27H20N4O6/c1-37-19-11-9-15(10-12-19)25(32)24-22-21(23-20-8-3-2-5-16(20)14-28-30(23)24)26(33)29(27(22)34)17-6-4-7-18(13-17)31(35)36/h2-14,21-24H,1H3. The molecule has 184 valence electrons. The number of fused-ring (bicyclic) bond motifs is 5. The van der Waals surface area contributed by atoms with Gasteiger partial charge in [0, 0.05) is 17.7 Å². The molecule has 2 saturated heterocycles. The summed E-state index contributed by atoms with van der Waals surface area (Å²) in [4.78, 5) is 53.3. The van der Waals surface area contributed by atoms with Gasteiger partial charge in [0.2, 0.25) is 11.8 Å². The second-order valence-corrected chi connectivity index (χ2v) is 9.08. The number of methoxy groups -OCH3 is 1. The minimum Gasteiger partial charge on any atom is -0.497 e. The van der Waals surface area contributed by atoms with E-state index in [2.05, 4.69) is 5.10 Å². The summed E-state index contributed by atoms with van der Waals surface area (Å²) >= 11 is 0. The van der Waals surface area contributed by atoms with Crippen molar-refractivity contribution in [3.63, 3.8) is 0 Å². The number of hydrogen-bond donors (Lipinski definition) is 0. The van der Waals surface area contributed by atoms with Gasteiger partial charge in [0.15, 0.2) is 5.78 Å². The molecule has 0 N–H and O–H groups in total. The van der Waals surface area contributed by atoms with Crippen molar-refractivity contribution in [2.75, 3.05) is 12.0 Å². The summed E-state index contributed by atoms with van der Waals surface area (Å²) in [5.74, 6) is -2.77. The molecule has 3 aliphatic rings. The molecule has 2 fully saturated rings. The summed E-state index contributed by atoms with van der Waals surface area (Å²) in [6.45, 7) is 0. The van der Waals surface area contributed by atoms with Crippen LogP contribution >= 0.6 is 0 Å². The first-order valence-electron chi connectivity index (χ1n) is 11.6. The smallest absolute Gasteiger partial charge is 0.271 e. The molecule has 3 heterocycles. The van der Waals surface area contributed by atoms with E-state index in [1.54, 1.807) is 35.5 Å². The lowest BCUT2D eigenvalue weighted by Crippen LogP contribution is -2.44. The molecule has 0 spiro atoms. The highest BCUT2D eigenvalue weighted by Crippen LogP contribution is 2.53. The monoisotopic (exact) mass is 496 g/mol. The normalized spacial score (nSPS) is 23.5. The van der Waals surface area contributed by atoms with Crippen LogP contribution in [0.25, 0.3) is 0 Å².